The predicted molar refractivity (Wildman–Crippen MR) is 72.8 cm³/mol. The number of likely N-dealkylation sites (tertiary alicyclic amines) is 1. The highest BCUT2D eigenvalue weighted by atomic mass is 16.2. The van der Waals surface area contributed by atoms with Gasteiger partial charge in [-0.3, -0.25) is 9.78 Å². The van der Waals surface area contributed by atoms with Gasteiger partial charge in [0.25, 0.3) is 5.91 Å². The summed E-state index contributed by atoms with van der Waals surface area (Å²) >= 11 is 0. The van der Waals surface area contributed by atoms with Crippen LogP contribution in [0.3, 0.4) is 0 Å². The van der Waals surface area contributed by atoms with Crippen molar-refractivity contribution in [2.24, 2.45) is 0 Å². The SMILES string of the molecule is Cc1[nH]ccc1C(=O)N1CCCC1c1cccnc1. The number of hydrogen-bond donors (Lipinski definition) is 1. The topological polar surface area (TPSA) is 49.0 Å². The highest BCUT2D eigenvalue weighted by molar-refractivity contribution is 5.95. The largest absolute Gasteiger partial charge is 0.365 e. The molecule has 4 nitrogen and oxygen atoms in total. The number of nitrogens with one attached hydrogen (secondary N) is 1. The molecule has 0 spiro atoms. The minimum atomic E-state index is 0.116. The van der Waals surface area contributed by atoms with Gasteiger partial charge in [0.05, 0.1) is 11.6 Å². The van der Waals surface area contributed by atoms with Gasteiger partial charge in [-0.25, -0.2) is 0 Å². The molecular weight excluding hydrogens is 238 g/mol. The Morgan fingerprint density at radius 2 is 2.37 bits per heavy atom. The molecule has 0 radical (unpaired) electrons. The van der Waals surface area contributed by atoms with E-state index in [1.807, 2.05) is 42.4 Å². The lowest BCUT2D eigenvalue weighted by atomic mass is 10.1. The molecule has 1 fully saturated rings. The van der Waals surface area contributed by atoms with E-state index in [0.29, 0.717) is 0 Å². The van der Waals surface area contributed by atoms with E-state index >= 15 is 0 Å². The van der Waals surface area contributed by atoms with Crippen LogP contribution in [0.25, 0.3) is 0 Å². The van der Waals surface area contributed by atoms with E-state index in [4.69, 9.17) is 0 Å². The highest BCUT2D eigenvalue weighted by Crippen LogP contribution is 2.32. The molecule has 1 aliphatic heterocycles. The van der Waals surface area contributed by atoms with Gasteiger partial charge >= 0.3 is 0 Å². The standard InChI is InChI=1S/C15H17N3O/c1-11-13(6-8-17-11)15(19)18-9-3-5-14(18)12-4-2-7-16-10-12/h2,4,6-8,10,14,17H,3,5,9H2,1H3. The van der Waals surface area contributed by atoms with Gasteiger partial charge in [-0.05, 0) is 37.5 Å². The minimum absolute atomic E-state index is 0.116. The van der Waals surface area contributed by atoms with Gasteiger partial charge < -0.3 is 9.88 Å². The number of rotatable bonds is 2. The third-order valence-corrected chi connectivity index (χ3v) is 3.77. The quantitative estimate of drug-likeness (QED) is 0.897. The number of carbonyl (C=O) groups excluding carboxylic acids is 1. The summed E-state index contributed by atoms with van der Waals surface area (Å²) in [4.78, 5) is 21.8. The summed E-state index contributed by atoms with van der Waals surface area (Å²) < 4.78 is 0. The molecule has 2 aromatic heterocycles. The third-order valence-electron chi connectivity index (χ3n) is 3.77. The monoisotopic (exact) mass is 255 g/mol. The summed E-state index contributed by atoms with van der Waals surface area (Å²) in [6.45, 7) is 2.76. The van der Waals surface area contributed by atoms with Crippen molar-refractivity contribution in [3.8, 4) is 0 Å². The number of nitrogens with zero attached hydrogens (tertiary/aromatic N) is 2. The van der Waals surface area contributed by atoms with Crippen LogP contribution in [0.4, 0.5) is 0 Å². The van der Waals surface area contributed by atoms with Gasteiger partial charge in [0.2, 0.25) is 0 Å². The van der Waals surface area contributed by atoms with E-state index in [0.717, 1.165) is 36.2 Å². The Balaban J connectivity index is 1.88. The zero-order valence-electron chi connectivity index (χ0n) is 11.0. The van der Waals surface area contributed by atoms with Crippen molar-refractivity contribution in [3.05, 3.63) is 53.6 Å². The number of pyridine rings is 1. The molecule has 1 unspecified atom stereocenters. The first-order valence-electron chi connectivity index (χ1n) is 6.62. The van der Waals surface area contributed by atoms with Crippen LogP contribution < -0.4 is 0 Å². The second-order valence-corrected chi connectivity index (χ2v) is 4.96. The van der Waals surface area contributed by atoms with Crippen molar-refractivity contribution < 1.29 is 4.79 Å². The van der Waals surface area contributed by atoms with Crippen LogP contribution in [0.5, 0.6) is 0 Å². The summed E-state index contributed by atoms with van der Waals surface area (Å²) in [5.74, 6) is 0.116. The number of H-pyrrole nitrogens is 1. The Kier molecular flexibility index (Phi) is 3.07. The molecule has 1 amide bonds. The smallest absolute Gasteiger partial charge is 0.256 e. The zero-order valence-corrected chi connectivity index (χ0v) is 11.0. The van der Waals surface area contributed by atoms with Gasteiger partial charge in [0, 0.05) is 30.8 Å². The normalized spacial score (nSPS) is 18.8. The first-order chi connectivity index (χ1) is 9.27. The van der Waals surface area contributed by atoms with Crippen LogP contribution in [0.1, 0.15) is 40.5 Å². The second-order valence-electron chi connectivity index (χ2n) is 4.96. The second kappa shape index (κ2) is 4.88. The average molecular weight is 255 g/mol. The van der Waals surface area contributed by atoms with E-state index in [9.17, 15) is 4.79 Å². The maximum Gasteiger partial charge on any atom is 0.256 e. The zero-order chi connectivity index (χ0) is 13.2. The number of hydrogen-bond acceptors (Lipinski definition) is 2. The lowest BCUT2D eigenvalue weighted by molar-refractivity contribution is 0.0735. The summed E-state index contributed by atoms with van der Waals surface area (Å²) in [6, 6.07) is 6.00. The van der Waals surface area contributed by atoms with Crippen molar-refractivity contribution in [1.29, 1.82) is 0 Å². The summed E-state index contributed by atoms with van der Waals surface area (Å²) in [5, 5.41) is 0. The van der Waals surface area contributed by atoms with E-state index in [-0.39, 0.29) is 11.9 Å². The lowest BCUT2D eigenvalue weighted by Gasteiger charge is -2.24. The molecule has 2 aromatic rings. The Morgan fingerprint density at radius 1 is 1.47 bits per heavy atom. The van der Waals surface area contributed by atoms with Gasteiger partial charge in [0.15, 0.2) is 0 Å². The molecule has 0 saturated carbocycles. The molecule has 19 heavy (non-hydrogen) atoms. The maximum absolute atomic E-state index is 12.6. The van der Waals surface area contributed by atoms with Crippen LogP contribution in [0.15, 0.2) is 36.8 Å². The molecule has 1 saturated heterocycles. The minimum Gasteiger partial charge on any atom is -0.365 e. The molecule has 1 aliphatic rings. The van der Waals surface area contributed by atoms with Crippen molar-refractivity contribution in [2.45, 2.75) is 25.8 Å². The van der Waals surface area contributed by atoms with Gasteiger partial charge in [-0.2, -0.15) is 0 Å². The number of aromatic amines is 1. The van der Waals surface area contributed by atoms with Crippen molar-refractivity contribution in [3.63, 3.8) is 0 Å². The fourth-order valence-electron chi connectivity index (χ4n) is 2.77. The van der Waals surface area contributed by atoms with Crippen LogP contribution >= 0.6 is 0 Å². The summed E-state index contributed by atoms with van der Waals surface area (Å²) in [5.41, 5.74) is 2.83. The van der Waals surface area contributed by atoms with E-state index < -0.39 is 0 Å². The fraction of sp³-hybridized carbons (Fsp3) is 0.333. The molecule has 3 heterocycles. The maximum atomic E-state index is 12.6. The van der Waals surface area contributed by atoms with Gasteiger partial charge in [-0.1, -0.05) is 6.07 Å². The van der Waals surface area contributed by atoms with Crippen molar-refractivity contribution in [1.82, 2.24) is 14.9 Å². The fourth-order valence-corrected chi connectivity index (χ4v) is 2.77. The Bertz CT molecular complexity index is 576. The molecule has 1 atom stereocenters. The predicted octanol–water partition coefficient (Wildman–Crippen LogP) is 2.70. The molecule has 4 heteroatoms. The first-order valence-corrected chi connectivity index (χ1v) is 6.62. The summed E-state index contributed by atoms with van der Waals surface area (Å²) in [6.07, 6.45) is 7.51. The highest BCUT2D eigenvalue weighted by Gasteiger charge is 2.31. The molecule has 1 N–H and O–H groups in total. The Labute approximate surface area is 112 Å². The van der Waals surface area contributed by atoms with Crippen LogP contribution in [0.2, 0.25) is 0 Å². The molecule has 0 aliphatic carbocycles. The van der Waals surface area contributed by atoms with E-state index in [1.165, 1.54) is 0 Å². The third kappa shape index (κ3) is 2.14. The lowest BCUT2D eigenvalue weighted by Crippen LogP contribution is -2.30. The molecule has 0 aromatic carbocycles. The molecule has 98 valence electrons. The van der Waals surface area contributed by atoms with E-state index in [1.54, 1.807) is 6.20 Å². The Morgan fingerprint density at radius 3 is 3.05 bits per heavy atom. The molecule has 0 bridgehead atoms. The molecule has 3 rings (SSSR count). The Hall–Kier alpha value is -2.10. The number of amides is 1. The average Bonchev–Trinajstić information content (AvgIpc) is 3.07. The van der Waals surface area contributed by atoms with Crippen LogP contribution in [0, 0.1) is 6.92 Å². The van der Waals surface area contributed by atoms with E-state index in [2.05, 4.69) is 9.97 Å². The molecular formula is C15H17N3O. The number of carbonyl (C=O) groups is 1. The van der Waals surface area contributed by atoms with Crippen molar-refractivity contribution in [2.75, 3.05) is 6.54 Å². The summed E-state index contributed by atoms with van der Waals surface area (Å²) in [7, 11) is 0. The van der Waals surface area contributed by atoms with Crippen LogP contribution in [-0.2, 0) is 0 Å². The first kappa shape index (κ1) is 12.0. The number of aromatic nitrogens is 2. The number of aryl methyl sites for hydroxylation is 1. The van der Waals surface area contributed by atoms with Gasteiger partial charge in [-0.15, -0.1) is 0 Å². The van der Waals surface area contributed by atoms with Crippen LogP contribution in [-0.4, -0.2) is 27.3 Å². The van der Waals surface area contributed by atoms with Gasteiger partial charge in [0.1, 0.15) is 0 Å². The van der Waals surface area contributed by atoms with Crippen molar-refractivity contribution >= 4 is 5.91 Å².